The maximum Gasteiger partial charge on any atom is 0.261 e. The molecule has 1 aromatic carbocycles. The Morgan fingerprint density at radius 3 is 3.05 bits per heavy atom. The zero-order valence-corrected chi connectivity index (χ0v) is 11.9. The number of amidine groups is 1. The smallest absolute Gasteiger partial charge is 0.261 e. The Morgan fingerprint density at radius 1 is 1.32 bits per heavy atom. The number of carbonyl (C=O) groups is 1. The molecule has 1 aliphatic carbocycles. The normalized spacial score (nSPS) is 28.6. The van der Waals surface area contributed by atoms with Crippen LogP contribution in [0.3, 0.4) is 0 Å². The summed E-state index contributed by atoms with van der Waals surface area (Å²) in [6, 6.07) is 6.11. The molecular weight excluding hydrogens is 280 g/mol. The Morgan fingerprint density at radius 2 is 2.16 bits per heavy atom. The van der Waals surface area contributed by atoms with Gasteiger partial charge in [0.15, 0.2) is 5.17 Å². The van der Waals surface area contributed by atoms with Crippen LogP contribution in [0.5, 0.6) is 0 Å². The van der Waals surface area contributed by atoms with Crippen LogP contribution in [0, 0.1) is 0 Å². The van der Waals surface area contributed by atoms with Gasteiger partial charge in [-0.25, -0.2) is 0 Å². The van der Waals surface area contributed by atoms with Crippen LogP contribution in [-0.4, -0.2) is 28.1 Å². The van der Waals surface area contributed by atoms with E-state index in [-0.39, 0.29) is 11.9 Å². The third kappa shape index (κ3) is 1.73. The molecule has 19 heavy (non-hydrogen) atoms. The van der Waals surface area contributed by atoms with Gasteiger partial charge in [0.05, 0.1) is 17.6 Å². The van der Waals surface area contributed by atoms with E-state index in [9.17, 15) is 4.79 Å². The van der Waals surface area contributed by atoms with Crippen molar-refractivity contribution in [1.82, 2.24) is 4.90 Å². The number of hydrogen-bond donors (Lipinski definition) is 0. The van der Waals surface area contributed by atoms with E-state index < -0.39 is 0 Å². The Balaban J connectivity index is 1.78. The average Bonchev–Trinajstić information content (AvgIpc) is 2.78. The van der Waals surface area contributed by atoms with Crippen molar-refractivity contribution in [3.63, 3.8) is 0 Å². The van der Waals surface area contributed by atoms with Gasteiger partial charge in [0, 0.05) is 9.92 Å². The van der Waals surface area contributed by atoms with Crippen LogP contribution >= 0.6 is 23.4 Å². The monoisotopic (exact) mass is 292 g/mol. The van der Waals surface area contributed by atoms with Gasteiger partial charge in [-0.1, -0.05) is 36.2 Å². The van der Waals surface area contributed by atoms with Crippen molar-refractivity contribution in [1.29, 1.82) is 0 Å². The van der Waals surface area contributed by atoms with E-state index in [1.165, 1.54) is 12.8 Å². The van der Waals surface area contributed by atoms with Gasteiger partial charge in [-0.3, -0.25) is 14.7 Å². The lowest BCUT2D eigenvalue weighted by atomic mass is 9.90. The largest absolute Gasteiger partial charge is 0.282 e. The molecule has 3 aliphatic rings. The van der Waals surface area contributed by atoms with Crippen molar-refractivity contribution in [3.05, 3.63) is 28.8 Å². The molecule has 1 aromatic rings. The summed E-state index contributed by atoms with van der Waals surface area (Å²) in [6.45, 7) is 0. The van der Waals surface area contributed by atoms with Gasteiger partial charge in [-0.2, -0.15) is 0 Å². The molecule has 1 amide bonds. The lowest BCUT2D eigenvalue weighted by molar-refractivity contribution is 0.0784. The minimum absolute atomic E-state index is 0.0735. The molecule has 0 spiro atoms. The first-order valence-corrected chi connectivity index (χ1v) is 7.82. The fourth-order valence-corrected chi connectivity index (χ4v) is 4.45. The molecule has 0 N–H and O–H groups in total. The van der Waals surface area contributed by atoms with Crippen LogP contribution in [0.2, 0.25) is 5.02 Å². The molecule has 0 aromatic heterocycles. The quantitative estimate of drug-likeness (QED) is 0.732. The number of fused-ring (bicyclic) bond motifs is 4. The molecule has 2 heterocycles. The molecule has 1 fully saturated rings. The van der Waals surface area contributed by atoms with E-state index in [1.54, 1.807) is 17.8 Å². The number of thioether (sulfide) groups is 1. The fourth-order valence-electron chi connectivity index (χ4n) is 3.19. The van der Waals surface area contributed by atoms with Crippen molar-refractivity contribution in [2.45, 2.75) is 42.7 Å². The SMILES string of the molecule is O=C1c2cc(Cl)ccc2SC2=N[C@@H]3CCCC[C@H]3N12. The number of aliphatic imine (C=N–C) groups is 1. The van der Waals surface area contributed by atoms with E-state index in [4.69, 9.17) is 16.6 Å². The Kier molecular flexibility index (Phi) is 2.64. The summed E-state index contributed by atoms with van der Waals surface area (Å²) < 4.78 is 0. The highest BCUT2D eigenvalue weighted by Crippen LogP contribution is 2.41. The summed E-state index contributed by atoms with van der Waals surface area (Å²) >= 11 is 7.61. The van der Waals surface area contributed by atoms with E-state index in [2.05, 4.69) is 0 Å². The van der Waals surface area contributed by atoms with Gasteiger partial charge >= 0.3 is 0 Å². The first-order valence-electron chi connectivity index (χ1n) is 6.63. The van der Waals surface area contributed by atoms with Crippen molar-refractivity contribution in [2.75, 3.05) is 0 Å². The number of benzene rings is 1. The van der Waals surface area contributed by atoms with Crippen LogP contribution in [-0.2, 0) is 0 Å². The maximum absolute atomic E-state index is 12.7. The summed E-state index contributed by atoms with van der Waals surface area (Å²) in [7, 11) is 0. The molecule has 0 bridgehead atoms. The van der Waals surface area contributed by atoms with Gasteiger partial charge in [-0.15, -0.1) is 0 Å². The zero-order valence-electron chi connectivity index (χ0n) is 10.3. The van der Waals surface area contributed by atoms with Crippen LogP contribution in [0.4, 0.5) is 0 Å². The summed E-state index contributed by atoms with van der Waals surface area (Å²) in [6.07, 6.45) is 4.60. The minimum atomic E-state index is 0.0735. The van der Waals surface area contributed by atoms with Crippen LogP contribution in [0.1, 0.15) is 36.0 Å². The van der Waals surface area contributed by atoms with Gasteiger partial charge in [0.25, 0.3) is 5.91 Å². The third-order valence-electron chi connectivity index (χ3n) is 4.10. The highest BCUT2D eigenvalue weighted by molar-refractivity contribution is 8.14. The first-order chi connectivity index (χ1) is 9.24. The summed E-state index contributed by atoms with van der Waals surface area (Å²) in [5, 5.41) is 1.50. The fraction of sp³-hybridized carbons (Fsp3) is 0.429. The van der Waals surface area contributed by atoms with Gasteiger partial charge in [0.1, 0.15) is 0 Å². The molecule has 98 valence electrons. The molecule has 5 heteroatoms. The molecule has 2 aliphatic heterocycles. The molecule has 0 unspecified atom stereocenters. The topological polar surface area (TPSA) is 32.7 Å². The van der Waals surface area contributed by atoms with Crippen molar-refractivity contribution < 1.29 is 4.79 Å². The van der Waals surface area contributed by atoms with E-state index in [1.807, 2.05) is 17.0 Å². The second-order valence-corrected chi connectivity index (χ2v) is 6.69. The second-order valence-electron chi connectivity index (χ2n) is 5.25. The molecule has 2 atom stereocenters. The number of nitrogens with zero attached hydrogens (tertiary/aromatic N) is 2. The lowest BCUT2D eigenvalue weighted by Gasteiger charge is -2.33. The Labute approximate surface area is 121 Å². The van der Waals surface area contributed by atoms with Gasteiger partial charge < -0.3 is 0 Å². The highest BCUT2D eigenvalue weighted by Gasteiger charge is 2.44. The van der Waals surface area contributed by atoms with Crippen LogP contribution in [0.25, 0.3) is 0 Å². The number of carbonyl (C=O) groups excluding carboxylic acids is 1. The van der Waals surface area contributed by atoms with Crippen molar-refractivity contribution >= 4 is 34.4 Å². The maximum atomic E-state index is 12.7. The highest BCUT2D eigenvalue weighted by atomic mass is 35.5. The second kappa shape index (κ2) is 4.25. The molecule has 3 nitrogen and oxygen atoms in total. The minimum Gasteiger partial charge on any atom is -0.282 e. The summed E-state index contributed by atoms with van der Waals surface area (Å²) in [5.41, 5.74) is 0.725. The Bertz CT molecular complexity index is 601. The predicted molar refractivity (Wildman–Crippen MR) is 77.0 cm³/mol. The average molecular weight is 293 g/mol. The predicted octanol–water partition coefficient (Wildman–Crippen LogP) is 3.57. The summed E-state index contributed by atoms with van der Waals surface area (Å²) in [4.78, 5) is 20.3. The van der Waals surface area contributed by atoms with E-state index in [0.717, 1.165) is 28.5 Å². The first kappa shape index (κ1) is 11.8. The summed E-state index contributed by atoms with van der Waals surface area (Å²) in [5.74, 6) is 0.0735. The van der Waals surface area contributed by atoms with E-state index >= 15 is 0 Å². The molecule has 4 rings (SSSR count). The van der Waals surface area contributed by atoms with E-state index in [0.29, 0.717) is 11.1 Å². The van der Waals surface area contributed by atoms with Crippen LogP contribution < -0.4 is 0 Å². The lowest BCUT2D eigenvalue weighted by Crippen LogP contribution is -2.46. The number of hydrogen-bond acceptors (Lipinski definition) is 3. The van der Waals surface area contributed by atoms with Crippen molar-refractivity contribution in [3.8, 4) is 0 Å². The van der Waals surface area contributed by atoms with Crippen molar-refractivity contribution in [2.24, 2.45) is 4.99 Å². The van der Waals surface area contributed by atoms with Gasteiger partial charge in [-0.05, 0) is 31.0 Å². The zero-order chi connectivity index (χ0) is 13.0. The molecule has 1 saturated carbocycles. The van der Waals surface area contributed by atoms with Gasteiger partial charge in [0.2, 0.25) is 0 Å². The number of halogens is 1. The number of amides is 1. The standard InChI is InChI=1S/C14H13ClN2OS/c15-8-5-6-12-9(7-8)13(18)17-11-4-2-1-3-10(11)16-14(17)19-12/h5-7,10-11H,1-4H2/t10-,11-/m1/s1. The Hall–Kier alpha value is -1.00. The molecule has 0 saturated heterocycles. The third-order valence-corrected chi connectivity index (χ3v) is 5.40. The number of rotatable bonds is 0. The molecule has 0 radical (unpaired) electrons. The van der Waals surface area contributed by atoms with Crippen LogP contribution in [0.15, 0.2) is 28.1 Å². The molecular formula is C14H13ClN2OS.